The van der Waals surface area contributed by atoms with Crippen LogP contribution < -0.4 is 10.0 Å². The highest BCUT2D eigenvalue weighted by Gasteiger charge is 2.41. The molecule has 1 saturated heterocycles. The van der Waals surface area contributed by atoms with Crippen molar-refractivity contribution in [1.82, 2.24) is 10.0 Å². The van der Waals surface area contributed by atoms with Crippen LogP contribution in [0.1, 0.15) is 57.8 Å². The van der Waals surface area contributed by atoms with Gasteiger partial charge in [-0.25, -0.2) is 0 Å². The van der Waals surface area contributed by atoms with Gasteiger partial charge < -0.3 is 5.32 Å². The van der Waals surface area contributed by atoms with Crippen LogP contribution in [0.2, 0.25) is 0 Å². The van der Waals surface area contributed by atoms with Gasteiger partial charge >= 0.3 is 0 Å². The highest BCUT2D eigenvalue weighted by Crippen LogP contribution is 2.41. The van der Waals surface area contributed by atoms with Crippen LogP contribution >= 0.6 is 11.9 Å². The van der Waals surface area contributed by atoms with E-state index in [0.29, 0.717) is 5.54 Å². The lowest BCUT2D eigenvalue weighted by Crippen LogP contribution is -2.55. The normalized spacial score (nSPS) is 30.4. The number of rotatable bonds is 4. The van der Waals surface area contributed by atoms with E-state index in [-0.39, 0.29) is 0 Å². The first-order valence-electron chi connectivity index (χ1n) is 7.53. The van der Waals surface area contributed by atoms with E-state index in [0.717, 1.165) is 11.2 Å². The summed E-state index contributed by atoms with van der Waals surface area (Å²) in [7, 11) is 0. The molecule has 0 atom stereocenters. The average Bonchev–Trinajstić information content (AvgIpc) is 3.23. The van der Waals surface area contributed by atoms with E-state index >= 15 is 0 Å². The molecule has 3 rings (SSSR count). The molecule has 2 nitrogen and oxygen atoms in total. The Labute approximate surface area is 110 Å². The minimum absolute atomic E-state index is 0.471. The van der Waals surface area contributed by atoms with Crippen molar-refractivity contribution in [3.8, 4) is 0 Å². The van der Waals surface area contributed by atoms with Crippen molar-refractivity contribution in [2.24, 2.45) is 5.92 Å². The Kier molecular flexibility index (Phi) is 3.98. The molecule has 2 aliphatic carbocycles. The molecule has 0 unspecified atom stereocenters. The first-order chi connectivity index (χ1) is 8.39. The van der Waals surface area contributed by atoms with Crippen LogP contribution in [0.5, 0.6) is 0 Å². The summed E-state index contributed by atoms with van der Waals surface area (Å²) in [5, 5.41) is 4.47. The average molecular weight is 254 g/mol. The summed E-state index contributed by atoms with van der Waals surface area (Å²) in [6.45, 7) is 2.43. The third-order valence-corrected chi connectivity index (χ3v) is 6.16. The Bertz CT molecular complexity index is 241. The Morgan fingerprint density at radius 2 is 1.65 bits per heavy atom. The van der Waals surface area contributed by atoms with Gasteiger partial charge in [0.2, 0.25) is 0 Å². The highest BCUT2D eigenvalue weighted by atomic mass is 32.2. The SMILES string of the molecule is C1CCC(C2(NSC3CC3)CCNCC2)CC1. The second-order valence-corrected chi connectivity index (χ2v) is 7.27. The van der Waals surface area contributed by atoms with Gasteiger partial charge in [0.1, 0.15) is 0 Å². The Hall–Kier alpha value is 0.270. The molecule has 3 aliphatic rings. The Morgan fingerprint density at radius 1 is 0.941 bits per heavy atom. The van der Waals surface area contributed by atoms with Gasteiger partial charge in [0, 0.05) is 10.8 Å². The summed E-state index contributed by atoms with van der Waals surface area (Å²) in [4.78, 5) is 0. The molecule has 98 valence electrons. The Balaban J connectivity index is 1.64. The fraction of sp³-hybridized carbons (Fsp3) is 1.00. The van der Waals surface area contributed by atoms with Gasteiger partial charge in [-0.1, -0.05) is 31.2 Å². The van der Waals surface area contributed by atoms with Crippen molar-refractivity contribution >= 4 is 11.9 Å². The minimum atomic E-state index is 0.471. The Morgan fingerprint density at radius 3 is 2.29 bits per heavy atom. The van der Waals surface area contributed by atoms with Gasteiger partial charge in [0.05, 0.1) is 0 Å². The lowest BCUT2D eigenvalue weighted by molar-refractivity contribution is 0.148. The zero-order valence-electron chi connectivity index (χ0n) is 10.8. The molecule has 1 heterocycles. The zero-order chi connectivity index (χ0) is 11.6. The molecule has 0 radical (unpaired) electrons. The molecule has 0 aromatic rings. The largest absolute Gasteiger partial charge is 0.317 e. The van der Waals surface area contributed by atoms with Gasteiger partial charge in [0.15, 0.2) is 0 Å². The van der Waals surface area contributed by atoms with E-state index in [4.69, 9.17) is 0 Å². The molecule has 3 heteroatoms. The number of piperidine rings is 1. The molecule has 0 aromatic heterocycles. The van der Waals surface area contributed by atoms with Crippen molar-refractivity contribution in [3.63, 3.8) is 0 Å². The second kappa shape index (κ2) is 5.50. The van der Waals surface area contributed by atoms with Gasteiger partial charge in [-0.15, -0.1) is 0 Å². The monoisotopic (exact) mass is 254 g/mol. The van der Waals surface area contributed by atoms with Crippen LogP contribution in [-0.2, 0) is 0 Å². The molecule has 0 amide bonds. The summed E-state index contributed by atoms with van der Waals surface area (Å²) in [5.41, 5.74) is 0.471. The van der Waals surface area contributed by atoms with Crippen LogP contribution in [0, 0.1) is 5.92 Å². The molecule has 0 bridgehead atoms. The van der Waals surface area contributed by atoms with Crippen LogP contribution in [0.4, 0.5) is 0 Å². The molecule has 0 aromatic carbocycles. The fourth-order valence-electron chi connectivity index (χ4n) is 3.51. The fourth-order valence-corrected chi connectivity index (χ4v) is 4.65. The molecular weight excluding hydrogens is 228 g/mol. The molecule has 2 N–H and O–H groups in total. The van der Waals surface area contributed by atoms with Crippen molar-refractivity contribution in [2.75, 3.05) is 13.1 Å². The number of hydrogen-bond donors (Lipinski definition) is 2. The predicted molar refractivity (Wildman–Crippen MR) is 75.2 cm³/mol. The summed E-state index contributed by atoms with van der Waals surface area (Å²) < 4.78 is 3.94. The van der Waals surface area contributed by atoms with Gasteiger partial charge in [0.25, 0.3) is 0 Å². The molecule has 17 heavy (non-hydrogen) atoms. The van der Waals surface area contributed by atoms with E-state index in [1.807, 2.05) is 0 Å². The molecular formula is C14H26N2S. The lowest BCUT2D eigenvalue weighted by atomic mass is 9.71. The summed E-state index contributed by atoms with van der Waals surface area (Å²) >= 11 is 2.06. The van der Waals surface area contributed by atoms with Gasteiger partial charge in [-0.2, -0.15) is 0 Å². The summed E-state index contributed by atoms with van der Waals surface area (Å²) in [5.74, 6) is 0.949. The zero-order valence-corrected chi connectivity index (χ0v) is 11.7. The number of hydrogen-bond acceptors (Lipinski definition) is 3. The maximum atomic E-state index is 3.94. The highest BCUT2D eigenvalue weighted by molar-refractivity contribution is 7.98. The van der Waals surface area contributed by atoms with Crippen molar-refractivity contribution in [2.45, 2.75) is 68.6 Å². The lowest BCUT2D eigenvalue weighted by Gasteiger charge is -2.46. The quantitative estimate of drug-likeness (QED) is 0.754. The topological polar surface area (TPSA) is 24.1 Å². The summed E-state index contributed by atoms with van der Waals surface area (Å²) in [6, 6.07) is 0. The summed E-state index contributed by atoms with van der Waals surface area (Å²) in [6.07, 6.45) is 12.9. The molecule has 0 spiro atoms. The first kappa shape index (κ1) is 12.3. The molecule has 2 saturated carbocycles. The standard InChI is InChI=1S/C14H26N2S/c1-2-4-12(5-3-1)14(8-10-15-11-9-14)16-17-13-6-7-13/h12-13,15-16H,1-11H2. The van der Waals surface area contributed by atoms with Crippen LogP contribution in [0.3, 0.4) is 0 Å². The van der Waals surface area contributed by atoms with Crippen molar-refractivity contribution in [1.29, 1.82) is 0 Å². The molecule has 3 fully saturated rings. The van der Waals surface area contributed by atoms with Gasteiger partial charge in [-0.05, 0) is 57.5 Å². The van der Waals surface area contributed by atoms with E-state index < -0.39 is 0 Å². The van der Waals surface area contributed by atoms with Crippen molar-refractivity contribution in [3.05, 3.63) is 0 Å². The number of nitrogens with one attached hydrogen (secondary N) is 2. The van der Waals surface area contributed by atoms with Gasteiger partial charge in [-0.3, -0.25) is 4.72 Å². The third kappa shape index (κ3) is 2.99. The smallest absolute Gasteiger partial charge is 0.0335 e. The van der Waals surface area contributed by atoms with E-state index in [2.05, 4.69) is 22.0 Å². The van der Waals surface area contributed by atoms with E-state index in [9.17, 15) is 0 Å². The first-order valence-corrected chi connectivity index (χ1v) is 8.41. The maximum Gasteiger partial charge on any atom is 0.0335 e. The second-order valence-electron chi connectivity index (χ2n) is 6.16. The van der Waals surface area contributed by atoms with Crippen LogP contribution in [-0.4, -0.2) is 23.9 Å². The van der Waals surface area contributed by atoms with E-state index in [1.54, 1.807) is 0 Å². The third-order valence-electron chi connectivity index (χ3n) is 4.84. The van der Waals surface area contributed by atoms with E-state index in [1.165, 1.54) is 70.9 Å². The van der Waals surface area contributed by atoms with Crippen LogP contribution in [0.25, 0.3) is 0 Å². The predicted octanol–water partition coefficient (Wildman–Crippen LogP) is 3.09. The minimum Gasteiger partial charge on any atom is -0.317 e. The van der Waals surface area contributed by atoms with Crippen LogP contribution in [0.15, 0.2) is 0 Å². The molecule has 1 aliphatic heterocycles. The van der Waals surface area contributed by atoms with Crippen molar-refractivity contribution < 1.29 is 0 Å². The maximum absolute atomic E-state index is 3.94.